The van der Waals surface area contributed by atoms with E-state index in [0.717, 1.165) is 30.0 Å². The Balaban J connectivity index is 1.34. The number of aromatic nitrogens is 2. The second kappa shape index (κ2) is 12.1. The number of carbonyl (C=O) groups excluding carboxylic acids is 1. The van der Waals surface area contributed by atoms with E-state index in [1.165, 1.54) is 40.9 Å². The van der Waals surface area contributed by atoms with Crippen molar-refractivity contribution in [2.75, 3.05) is 49.6 Å². The van der Waals surface area contributed by atoms with Crippen LogP contribution in [-0.4, -0.2) is 83.1 Å². The Morgan fingerprint density at radius 2 is 1.93 bits per heavy atom. The summed E-state index contributed by atoms with van der Waals surface area (Å²) >= 11 is 0. The molecule has 1 aliphatic carbocycles. The van der Waals surface area contributed by atoms with E-state index in [1.54, 1.807) is 4.90 Å². The van der Waals surface area contributed by atoms with Crippen LogP contribution >= 0.6 is 0 Å². The first-order valence-corrected chi connectivity index (χ1v) is 15.7. The number of hydrogen-bond acceptors (Lipinski definition) is 8. The van der Waals surface area contributed by atoms with Gasteiger partial charge in [-0.25, -0.2) is 0 Å². The van der Waals surface area contributed by atoms with E-state index in [9.17, 15) is 10.1 Å². The summed E-state index contributed by atoms with van der Waals surface area (Å²) in [4.78, 5) is 31.4. The predicted molar refractivity (Wildman–Crippen MR) is 174 cm³/mol. The number of likely N-dealkylation sites (N-methyl/N-ethyl adjacent to an activating group) is 1. The van der Waals surface area contributed by atoms with E-state index < -0.39 is 0 Å². The summed E-state index contributed by atoms with van der Waals surface area (Å²) in [5.41, 5.74) is 4.40. The fourth-order valence-corrected chi connectivity index (χ4v) is 6.72. The Morgan fingerprint density at radius 3 is 2.66 bits per heavy atom. The first-order valence-electron chi connectivity index (χ1n) is 15.7. The number of piperazine rings is 1. The van der Waals surface area contributed by atoms with Gasteiger partial charge in [-0.05, 0) is 70.2 Å². The van der Waals surface area contributed by atoms with Gasteiger partial charge in [-0.3, -0.25) is 9.69 Å². The third kappa shape index (κ3) is 5.83. The van der Waals surface area contributed by atoms with E-state index in [4.69, 9.17) is 14.7 Å². The summed E-state index contributed by atoms with van der Waals surface area (Å²) in [5.74, 6) is 0.724. The van der Waals surface area contributed by atoms with Crippen molar-refractivity contribution in [1.29, 1.82) is 5.26 Å². The van der Waals surface area contributed by atoms with E-state index in [2.05, 4.69) is 91.6 Å². The molecule has 9 nitrogen and oxygen atoms in total. The van der Waals surface area contributed by atoms with Gasteiger partial charge in [0.2, 0.25) is 5.91 Å². The molecule has 3 aromatic rings. The Labute approximate surface area is 260 Å². The molecule has 3 heterocycles. The lowest BCUT2D eigenvalue weighted by Gasteiger charge is -2.42. The summed E-state index contributed by atoms with van der Waals surface area (Å²) in [7, 11) is 2.17. The number of fused-ring (bicyclic) bond motifs is 2. The van der Waals surface area contributed by atoms with Crippen molar-refractivity contribution in [2.24, 2.45) is 0 Å². The zero-order valence-corrected chi connectivity index (χ0v) is 26.4. The molecule has 230 valence electrons. The number of amides is 1. The van der Waals surface area contributed by atoms with Crippen LogP contribution in [0.25, 0.3) is 10.8 Å². The molecule has 2 fully saturated rings. The Kier molecular flexibility index (Phi) is 8.21. The molecule has 1 atom stereocenters. The maximum Gasteiger partial charge on any atom is 0.318 e. The van der Waals surface area contributed by atoms with Crippen LogP contribution in [0.1, 0.15) is 49.9 Å². The molecule has 1 saturated carbocycles. The topological polar surface area (TPSA) is 88.8 Å². The number of ether oxygens (including phenoxy) is 1. The van der Waals surface area contributed by atoms with Gasteiger partial charge < -0.3 is 19.4 Å². The zero-order chi connectivity index (χ0) is 31.0. The third-order valence-corrected chi connectivity index (χ3v) is 9.63. The van der Waals surface area contributed by atoms with Crippen LogP contribution in [0.15, 0.2) is 49.1 Å². The van der Waals surface area contributed by atoms with Crippen LogP contribution in [0.5, 0.6) is 6.01 Å². The van der Waals surface area contributed by atoms with Gasteiger partial charge in [0.05, 0.1) is 30.8 Å². The molecular formula is C35H43N7O2. The van der Waals surface area contributed by atoms with Gasteiger partial charge >= 0.3 is 6.01 Å². The molecule has 1 aromatic heterocycles. The number of nitriles is 1. The summed E-state index contributed by atoms with van der Waals surface area (Å²) in [5, 5.41) is 12.1. The van der Waals surface area contributed by atoms with E-state index in [1.807, 2.05) is 0 Å². The minimum atomic E-state index is -0.237. The van der Waals surface area contributed by atoms with Gasteiger partial charge in [-0.1, -0.05) is 36.9 Å². The Hall–Kier alpha value is -4.16. The molecule has 2 aromatic carbocycles. The van der Waals surface area contributed by atoms with Crippen LogP contribution in [-0.2, 0) is 17.8 Å². The highest BCUT2D eigenvalue weighted by Crippen LogP contribution is 2.36. The molecule has 2 aliphatic heterocycles. The van der Waals surface area contributed by atoms with Crippen molar-refractivity contribution in [3.8, 4) is 12.1 Å². The fraction of sp³-hybridized carbons (Fsp3) is 0.486. The highest BCUT2D eigenvalue weighted by Gasteiger charge is 2.37. The lowest BCUT2D eigenvalue weighted by atomic mass is 9.99. The number of hydrogen-bond donors (Lipinski definition) is 0. The summed E-state index contributed by atoms with van der Waals surface area (Å²) in [6, 6.07) is 16.0. The van der Waals surface area contributed by atoms with Gasteiger partial charge in [-0.15, -0.1) is 0 Å². The molecule has 3 aliphatic rings. The van der Waals surface area contributed by atoms with Crippen LogP contribution in [0.2, 0.25) is 0 Å². The molecule has 0 radical (unpaired) electrons. The van der Waals surface area contributed by atoms with E-state index in [0.29, 0.717) is 44.8 Å². The van der Waals surface area contributed by atoms with E-state index >= 15 is 0 Å². The van der Waals surface area contributed by atoms with Crippen LogP contribution in [0.4, 0.5) is 11.5 Å². The van der Waals surface area contributed by atoms with Crippen LogP contribution in [0.3, 0.4) is 0 Å². The molecule has 0 spiro atoms. The van der Waals surface area contributed by atoms with Crippen molar-refractivity contribution in [1.82, 2.24) is 19.8 Å². The standard InChI is InChI=1S/C35H43N7O2/c1-6-31(43)42-20-19-41(21-27(42)15-17-36)33-28-16-18-40(30-12-8-11-25-10-7-9-24(2)32(25)30)22-29(28)37-34(38-33)44-23-35(3,4)39(5)26-13-14-26/h6-12,26-27H,1,13-16,18-23H2,2-5H3/t27-/m0/s1. The first kappa shape index (κ1) is 29.9. The van der Waals surface area contributed by atoms with Gasteiger partial charge in [0.1, 0.15) is 12.4 Å². The minimum absolute atomic E-state index is 0.137. The van der Waals surface area contributed by atoms with Crippen LogP contribution in [0, 0.1) is 18.3 Å². The third-order valence-electron chi connectivity index (χ3n) is 9.63. The number of anilines is 2. The highest BCUT2D eigenvalue weighted by molar-refractivity contribution is 5.97. The second-order valence-corrected chi connectivity index (χ2v) is 13.0. The lowest BCUT2D eigenvalue weighted by molar-refractivity contribution is -0.128. The summed E-state index contributed by atoms with van der Waals surface area (Å²) in [6.07, 6.45) is 4.84. The second-order valence-electron chi connectivity index (χ2n) is 13.0. The molecule has 1 saturated heterocycles. The van der Waals surface area contributed by atoms with Crippen molar-refractivity contribution in [3.05, 3.63) is 65.9 Å². The predicted octanol–water partition coefficient (Wildman–Crippen LogP) is 4.87. The zero-order valence-electron chi connectivity index (χ0n) is 26.4. The summed E-state index contributed by atoms with van der Waals surface area (Å²) < 4.78 is 6.41. The highest BCUT2D eigenvalue weighted by atomic mass is 16.5. The first-order chi connectivity index (χ1) is 21.2. The number of carbonyl (C=O) groups is 1. The van der Waals surface area contributed by atoms with Crippen molar-refractivity contribution in [3.63, 3.8) is 0 Å². The van der Waals surface area contributed by atoms with Gasteiger partial charge in [0.15, 0.2) is 0 Å². The molecule has 44 heavy (non-hydrogen) atoms. The minimum Gasteiger partial charge on any atom is -0.461 e. The SMILES string of the molecule is C=CC(=O)N1CCN(c2nc(OCC(C)(C)N(C)C3CC3)nc3c2CCN(c2cccc4cccc(C)c24)C3)C[C@@H]1CC#N. The fourth-order valence-electron chi connectivity index (χ4n) is 6.72. The van der Waals surface area contributed by atoms with Crippen molar-refractivity contribution in [2.45, 2.75) is 70.6 Å². The normalized spacial score (nSPS) is 18.7. The maximum absolute atomic E-state index is 12.6. The number of aryl methyl sites for hydroxylation is 1. The Morgan fingerprint density at radius 1 is 1.16 bits per heavy atom. The van der Waals surface area contributed by atoms with E-state index in [-0.39, 0.29) is 23.9 Å². The molecule has 0 bridgehead atoms. The maximum atomic E-state index is 12.6. The van der Waals surface area contributed by atoms with Gasteiger partial charge in [0, 0.05) is 54.4 Å². The van der Waals surface area contributed by atoms with Gasteiger partial charge in [0.25, 0.3) is 0 Å². The molecule has 1 amide bonds. The number of benzene rings is 2. The monoisotopic (exact) mass is 593 g/mol. The Bertz CT molecular complexity index is 1600. The molecule has 6 rings (SSSR count). The number of nitrogens with zero attached hydrogens (tertiary/aromatic N) is 7. The lowest BCUT2D eigenvalue weighted by Crippen LogP contribution is -2.55. The molecule has 9 heteroatoms. The van der Waals surface area contributed by atoms with Gasteiger partial charge in [-0.2, -0.15) is 15.2 Å². The molecule has 0 N–H and O–H groups in total. The van der Waals surface area contributed by atoms with Crippen molar-refractivity contribution < 1.29 is 9.53 Å². The van der Waals surface area contributed by atoms with Crippen LogP contribution < -0.4 is 14.5 Å². The largest absolute Gasteiger partial charge is 0.461 e. The average molecular weight is 594 g/mol. The number of rotatable bonds is 9. The quantitative estimate of drug-likeness (QED) is 0.325. The average Bonchev–Trinajstić information content (AvgIpc) is 3.88. The molecule has 0 unspecified atom stereocenters. The molecular weight excluding hydrogens is 550 g/mol. The smallest absolute Gasteiger partial charge is 0.318 e. The van der Waals surface area contributed by atoms with Crippen molar-refractivity contribution >= 4 is 28.2 Å². The summed E-state index contributed by atoms with van der Waals surface area (Å²) in [6.45, 7) is 13.9.